The highest BCUT2D eigenvalue weighted by molar-refractivity contribution is 5.26. The Morgan fingerprint density at radius 1 is 1.20 bits per heavy atom. The maximum atomic E-state index is 3.76. The van der Waals surface area contributed by atoms with Crippen LogP contribution in [0.2, 0.25) is 0 Å². The summed E-state index contributed by atoms with van der Waals surface area (Å²) in [7, 11) is 0. The SMILES string of the molecule is C=C/C(=C\C)Cc1ccccc1.CCC. The van der Waals surface area contributed by atoms with E-state index in [1.807, 2.05) is 19.1 Å². The summed E-state index contributed by atoms with van der Waals surface area (Å²) in [5.41, 5.74) is 2.62. The molecular weight excluding hydrogens is 180 g/mol. The minimum Gasteiger partial charge on any atom is -0.0988 e. The Kier molecular flexibility index (Phi) is 8.46. The van der Waals surface area contributed by atoms with Gasteiger partial charge in [0.05, 0.1) is 0 Å². The van der Waals surface area contributed by atoms with Gasteiger partial charge < -0.3 is 0 Å². The van der Waals surface area contributed by atoms with Crippen molar-refractivity contribution < 1.29 is 0 Å². The van der Waals surface area contributed by atoms with Crippen molar-refractivity contribution in [1.82, 2.24) is 0 Å². The van der Waals surface area contributed by atoms with E-state index >= 15 is 0 Å². The van der Waals surface area contributed by atoms with Crippen molar-refractivity contribution in [2.24, 2.45) is 0 Å². The summed E-state index contributed by atoms with van der Waals surface area (Å²) >= 11 is 0. The largest absolute Gasteiger partial charge is 0.0988 e. The predicted octanol–water partition coefficient (Wildman–Crippen LogP) is 4.78. The van der Waals surface area contributed by atoms with Gasteiger partial charge in [-0.1, -0.05) is 69.3 Å². The molecule has 0 saturated heterocycles. The molecule has 1 aromatic rings. The molecule has 15 heavy (non-hydrogen) atoms. The molecule has 0 aliphatic rings. The third-order valence-electron chi connectivity index (χ3n) is 1.88. The summed E-state index contributed by atoms with van der Waals surface area (Å²) in [6.07, 6.45) is 6.24. The number of hydrogen-bond acceptors (Lipinski definition) is 0. The van der Waals surface area contributed by atoms with Crippen LogP contribution >= 0.6 is 0 Å². The van der Waals surface area contributed by atoms with Crippen LogP contribution in [0.3, 0.4) is 0 Å². The lowest BCUT2D eigenvalue weighted by Crippen LogP contribution is -1.85. The molecule has 0 nitrogen and oxygen atoms in total. The molecule has 1 aromatic carbocycles. The molecule has 1 rings (SSSR count). The molecule has 0 N–H and O–H groups in total. The first-order valence-corrected chi connectivity index (χ1v) is 5.59. The van der Waals surface area contributed by atoms with E-state index in [-0.39, 0.29) is 0 Å². The molecule has 0 radical (unpaired) electrons. The lowest BCUT2D eigenvalue weighted by Gasteiger charge is -2.00. The zero-order valence-corrected chi connectivity index (χ0v) is 10.2. The lowest BCUT2D eigenvalue weighted by molar-refractivity contribution is 1.09. The Morgan fingerprint density at radius 2 is 1.73 bits per heavy atom. The van der Waals surface area contributed by atoms with Gasteiger partial charge in [-0.15, -0.1) is 0 Å². The molecule has 0 atom stereocenters. The number of allylic oxidation sites excluding steroid dienone is 3. The summed E-state index contributed by atoms with van der Waals surface area (Å²) in [5.74, 6) is 0. The average molecular weight is 202 g/mol. The fraction of sp³-hybridized carbons (Fsp3) is 0.333. The van der Waals surface area contributed by atoms with Crippen molar-refractivity contribution >= 4 is 0 Å². The van der Waals surface area contributed by atoms with Crippen molar-refractivity contribution in [2.75, 3.05) is 0 Å². The van der Waals surface area contributed by atoms with Crippen LogP contribution in [-0.2, 0) is 6.42 Å². The number of benzene rings is 1. The van der Waals surface area contributed by atoms with Gasteiger partial charge in [0.25, 0.3) is 0 Å². The molecule has 0 bridgehead atoms. The molecule has 0 aliphatic heterocycles. The minimum absolute atomic E-state index is 0.987. The van der Waals surface area contributed by atoms with Crippen molar-refractivity contribution in [3.63, 3.8) is 0 Å². The van der Waals surface area contributed by atoms with E-state index in [2.05, 4.69) is 50.8 Å². The monoisotopic (exact) mass is 202 g/mol. The molecule has 0 fully saturated rings. The molecule has 82 valence electrons. The van der Waals surface area contributed by atoms with Crippen LogP contribution < -0.4 is 0 Å². The van der Waals surface area contributed by atoms with Crippen molar-refractivity contribution in [3.8, 4) is 0 Å². The number of rotatable bonds is 3. The van der Waals surface area contributed by atoms with Crippen molar-refractivity contribution in [2.45, 2.75) is 33.6 Å². The molecule has 0 unspecified atom stereocenters. The van der Waals surface area contributed by atoms with Gasteiger partial charge in [-0.05, 0) is 24.5 Å². The van der Waals surface area contributed by atoms with Crippen LogP contribution in [-0.4, -0.2) is 0 Å². The fourth-order valence-electron chi connectivity index (χ4n) is 1.12. The first kappa shape index (κ1) is 13.7. The zero-order valence-electron chi connectivity index (χ0n) is 10.2. The van der Waals surface area contributed by atoms with Crippen LogP contribution in [0, 0.1) is 0 Å². The Hall–Kier alpha value is -1.30. The van der Waals surface area contributed by atoms with Gasteiger partial charge in [0.1, 0.15) is 0 Å². The van der Waals surface area contributed by atoms with Gasteiger partial charge >= 0.3 is 0 Å². The van der Waals surface area contributed by atoms with E-state index in [0.717, 1.165) is 6.42 Å². The van der Waals surface area contributed by atoms with E-state index < -0.39 is 0 Å². The van der Waals surface area contributed by atoms with Crippen LogP contribution in [0.15, 0.2) is 54.6 Å². The van der Waals surface area contributed by atoms with E-state index in [0.29, 0.717) is 0 Å². The molecule has 0 aromatic heterocycles. The van der Waals surface area contributed by atoms with Crippen LogP contribution in [0.1, 0.15) is 32.8 Å². The Labute approximate surface area is 94.3 Å². The first-order chi connectivity index (χ1) is 7.28. The third kappa shape index (κ3) is 6.73. The van der Waals surface area contributed by atoms with Crippen LogP contribution in [0.4, 0.5) is 0 Å². The standard InChI is InChI=1S/C12H14.C3H8/c1-3-11(4-2)10-12-8-6-5-7-9-12;1-3-2/h3-9H,1,10H2,2H3;3H2,1-2H3/b11-4+;. The fourth-order valence-corrected chi connectivity index (χ4v) is 1.12. The maximum Gasteiger partial charge on any atom is -0.00293 e. The molecule has 0 saturated carbocycles. The Morgan fingerprint density at radius 3 is 2.13 bits per heavy atom. The van der Waals surface area contributed by atoms with Gasteiger partial charge in [-0.25, -0.2) is 0 Å². The molecule has 0 heterocycles. The Bertz CT molecular complexity index is 280. The number of hydrogen-bond donors (Lipinski definition) is 0. The quantitative estimate of drug-likeness (QED) is 0.619. The van der Waals surface area contributed by atoms with Gasteiger partial charge in [0.2, 0.25) is 0 Å². The van der Waals surface area contributed by atoms with Gasteiger partial charge in [0.15, 0.2) is 0 Å². The molecule has 0 spiro atoms. The second kappa shape index (κ2) is 9.26. The topological polar surface area (TPSA) is 0 Å². The van der Waals surface area contributed by atoms with Gasteiger partial charge in [-0.3, -0.25) is 0 Å². The minimum atomic E-state index is 0.987. The predicted molar refractivity (Wildman–Crippen MR) is 70.1 cm³/mol. The van der Waals surface area contributed by atoms with Gasteiger partial charge in [-0.2, -0.15) is 0 Å². The van der Waals surface area contributed by atoms with Gasteiger partial charge in [0, 0.05) is 0 Å². The summed E-state index contributed by atoms with van der Waals surface area (Å²) in [6.45, 7) is 10.1. The summed E-state index contributed by atoms with van der Waals surface area (Å²) in [5, 5.41) is 0. The normalized spacial score (nSPS) is 10.2. The van der Waals surface area contributed by atoms with Crippen molar-refractivity contribution in [1.29, 1.82) is 0 Å². The summed E-state index contributed by atoms with van der Waals surface area (Å²) < 4.78 is 0. The average Bonchev–Trinajstić information content (AvgIpc) is 2.28. The first-order valence-electron chi connectivity index (χ1n) is 5.59. The zero-order chi connectivity index (χ0) is 11.5. The summed E-state index contributed by atoms with van der Waals surface area (Å²) in [6, 6.07) is 10.4. The lowest BCUT2D eigenvalue weighted by atomic mass is 10.1. The molecular formula is C15H22. The van der Waals surface area contributed by atoms with E-state index in [1.165, 1.54) is 17.6 Å². The Balaban J connectivity index is 0.000000583. The van der Waals surface area contributed by atoms with Crippen molar-refractivity contribution in [3.05, 3.63) is 60.2 Å². The summed E-state index contributed by atoms with van der Waals surface area (Å²) in [4.78, 5) is 0. The molecule has 0 amide bonds. The van der Waals surface area contributed by atoms with Crippen LogP contribution in [0.5, 0.6) is 0 Å². The maximum absolute atomic E-state index is 3.76. The van der Waals surface area contributed by atoms with E-state index in [1.54, 1.807) is 0 Å². The highest BCUT2D eigenvalue weighted by Gasteiger charge is 1.92. The second-order valence-corrected chi connectivity index (χ2v) is 3.44. The highest BCUT2D eigenvalue weighted by Crippen LogP contribution is 2.07. The molecule has 0 heteroatoms. The van der Waals surface area contributed by atoms with E-state index in [4.69, 9.17) is 0 Å². The molecule has 0 aliphatic carbocycles. The van der Waals surface area contributed by atoms with E-state index in [9.17, 15) is 0 Å². The second-order valence-electron chi connectivity index (χ2n) is 3.44. The smallest absolute Gasteiger partial charge is 0.00293 e. The van der Waals surface area contributed by atoms with Crippen LogP contribution in [0.25, 0.3) is 0 Å². The third-order valence-corrected chi connectivity index (χ3v) is 1.88. The highest BCUT2D eigenvalue weighted by atomic mass is 14.0.